The van der Waals surface area contributed by atoms with E-state index in [2.05, 4.69) is 33.6 Å². The highest BCUT2D eigenvalue weighted by molar-refractivity contribution is 5.88. The van der Waals surface area contributed by atoms with Crippen molar-refractivity contribution < 1.29 is 9.32 Å². The number of amides is 1. The van der Waals surface area contributed by atoms with Crippen molar-refractivity contribution in [2.75, 3.05) is 5.32 Å². The van der Waals surface area contributed by atoms with E-state index >= 15 is 0 Å². The zero-order chi connectivity index (χ0) is 16.5. The summed E-state index contributed by atoms with van der Waals surface area (Å²) in [6.07, 6.45) is 5.00. The second-order valence-electron chi connectivity index (χ2n) is 7.01. The average molecular weight is 325 g/mol. The minimum Gasteiger partial charge on any atom is -0.361 e. The number of aromatic nitrogens is 1. The summed E-state index contributed by atoms with van der Waals surface area (Å²) in [7, 11) is 0. The largest absolute Gasteiger partial charge is 0.361 e. The lowest BCUT2D eigenvalue weighted by Gasteiger charge is -2.20. The Balaban J connectivity index is 1.40. The number of anilines is 1. The Bertz CT molecular complexity index is 714. The van der Waals surface area contributed by atoms with Crippen LogP contribution in [0.4, 0.5) is 5.69 Å². The van der Waals surface area contributed by atoms with Gasteiger partial charge in [-0.15, -0.1) is 0 Å². The Hall–Kier alpha value is -2.14. The first-order chi connectivity index (χ1) is 11.7. The summed E-state index contributed by atoms with van der Waals surface area (Å²) in [6, 6.07) is 10.9. The van der Waals surface area contributed by atoms with Gasteiger partial charge in [0.25, 0.3) is 0 Å². The van der Waals surface area contributed by atoms with Crippen LogP contribution in [0.1, 0.15) is 55.5 Å². The topological polar surface area (TPSA) is 58.4 Å². The van der Waals surface area contributed by atoms with Gasteiger partial charge in [-0.2, -0.15) is 0 Å². The van der Waals surface area contributed by atoms with Crippen molar-refractivity contribution in [1.29, 1.82) is 0 Å². The Morgan fingerprint density at radius 1 is 1.21 bits per heavy atom. The summed E-state index contributed by atoms with van der Waals surface area (Å²) in [4.78, 5) is 13.6. The summed E-state index contributed by atoms with van der Waals surface area (Å²) in [5.74, 6) is 1.63. The molecule has 1 N–H and O–H groups in total. The fourth-order valence-electron chi connectivity index (χ4n) is 3.06. The third-order valence-electron chi connectivity index (χ3n) is 4.65. The highest BCUT2D eigenvalue weighted by Crippen LogP contribution is 2.40. The Morgan fingerprint density at radius 3 is 2.58 bits per heavy atom. The minimum atomic E-state index is -0.0418. The van der Waals surface area contributed by atoms with E-state index < -0.39 is 0 Å². The van der Waals surface area contributed by atoms with E-state index in [-0.39, 0.29) is 5.91 Å². The van der Waals surface area contributed by atoms with Crippen molar-refractivity contribution in [3.8, 4) is 0 Å². The van der Waals surface area contributed by atoms with E-state index in [1.54, 1.807) is 0 Å². The maximum absolute atomic E-state index is 11.1. The zero-order valence-electron chi connectivity index (χ0n) is 14.0. The van der Waals surface area contributed by atoms with Crippen LogP contribution in [0.5, 0.6) is 0 Å². The van der Waals surface area contributed by atoms with Crippen molar-refractivity contribution in [2.45, 2.75) is 57.7 Å². The van der Waals surface area contributed by atoms with Gasteiger partial charge in [0.05, 0.1) is 5.69 Å². The highest BCUT2D eigenvalue weighted by Gasteiger charge is 2.31. The SMILES string of the molecule is CC(=O)Nc1ccc(CN(Cc2cc(C3CC3)on2)C2CC2)cc1. The van der Waals surface area contributed by atoms with Crippen LogP contribution in [0.3, 0.4) is 0 Å². The fraction of sp³-hybridized carbons (Fsp3) is 0.474. The minimum absolute atomic E-state index is 0.0418. The Labute approximate surface area is 142 Å². The van der Waals surface area contributed by atoms with Crippen molar-refractivity contribution in [1.82, 2.24) is 10.1 Å². The van der Waals surface area contributed by atoms with E-state index in [4.69, 9.17) is 4.52 Å². The van der Waals surface area contributed by atoms with E-state index in [0.717, 1.165) is 30.2 Å². The summed E-state index contributed by atoms with van der Waals surface area (Å²) in [5, 5.41) is 7.06. The van der Waals surface area contributed by atoms with Crippen LogP contribution >= 0.6 is 0 Å². The van der Waals surface area contributed by atoms with Crippen molar-refractivity contribution >= 4 is 11.6 Å². The molecule has 1 aromatic heterocycles. The first-order valence-corrected chi connectivity index (χ1v) is 8.73. The van der Waals surface area contributed by atoms with Gasteiger partial charge < -0.3 is 9.84 Å². The lowest BCUT2D eigenvalue weighted by Crippen LogP contribution is -2.25. The van der Waals surface area contributed by atoms with Gasteiger partial charge >= 0.3 is 0 Å². The number of carbonyl (C=O) groups is 1. The van der Waals surface area contributed by atoms with E-state index in [9.17, 15) is 4.79 Å². The third-order valence-corrected chi connectivity index (χ3v) is 4.65. The molecule has 5 heteroatoms. The summed E-state index contributed by atoms with van der Waals surface area (Å²) in [5.41, 5.74) is 3.13. The Morgan fingerprint density at radius 2 is 1.96 bits per heavy atom. The van der Waals surface area contributed by atoms with Crippen molar-refractivity contribution in [3.63, 3.8) is 0 Å². The Kier molecular flexibility index (Phi) is 4.10. The molecule has 5 nitrogen and oxygen atoms in total. The van der Waals surface area contributed by atoms with Crippen LogP contribution in [0.15, 0.2) is 34.9 Å². The number of hydrogen-bond donors (Lipinski definition) is 1. The second-order valence-corrected chi connectivity index (χ2v) is 7.01. The summed E-state index contributed by atoms with van der Waals surface area (Å²) >= 11 is 0. The standard InChI is InChI=1S/C19H23N3O2/c1-13(23)20-16-6-2-14(3-7-16)11-22(18-8-9-18)12-17-10-19(24-21-17)15-4-5-15/h2-3,6-7,10,15,18H,4-5,8-9,11-12H2,1H3,(H,20,23). The quantitative estimate of drug-likeness (QED) is 0.844. The van der Waals surface area contributed by atoms with E-state index in [0.29, 0.717) is 12.0 Å². The molecule has 0 bridgehead atoms. The zero-order valence-corrected chi connectivity index (χ0v) is 14.0. The molecular weight excluding hydrogens is 302 g/mol. The molecule has 2 saturated carbocycles. The van der Waals surface area contributed by atoms with Crippen LogP contribution in [-0.2, 0) is 17.9 Å². The molecule has 0 atom stereocenters. The van der Waals surface area contributed by atoms with Gasteiger partial charge in [-0.3, -0.25) is 9.69 Å². The molecule has 2 fully saturated rings. The molecule has 126 valence electrons. The fourth-order valence-corrected chi connectivity index (χ4v) is 3.06. The lowest BCUT2D eigenvalue weighted by atomic mass is 10.2. The first kappa shape index (κ1) is 15.4. The molecule has 2 aromatic rings. The molecule has 1 amide bonds. The van der Waals surface area contributed by atoms with Crippen molar-refractivity contribution in [2.24, 2.45) is 0 Å². The molecule has 2 aliphatic carbocycles. The van der Waals surface area contributed by atoms with Crippen LogP contribution in [0.2, 0.25) is 0 Å². The monoisotopic (exact) mass is 325 g/mol. The van der Waals surface area contributed by atoms with Crippen LogP contribution in [-0.4, -0.2) is 22.0 Å². The molecule has 0 aliphatic heterocycles. The molecule has 4 rings (SSSR count). The third kappa shape index (κ3) is 3.85. The van der Waals surface area contributed by atoms with Crippen molar-refractivity contribution in [3.05, 3.63) is 47.3 Å². The molecule has 0 unspecified atom stereocenters. The normalized spacial score (nSPS) is 17.2. The van der Waals surface area contributed by atoms with E-state index in [1.165, 1.54) is 38.2 Å². The average Bonchev–Trinajstić information content (AvgIpc) is 3.47. The number of carbonyl (C=O) groups excluding carboxylic acids is 1. The molecule has 0 saturated heterocycles. The van der Waals surface area contributed by atoms with Gasteiger partial charge in [0.15, 0.2) is 0 Å². The molecule has 1 heterocycles. The number of benzene rings is 1. The number of hydrogen-bond acceptors (Lipinski definition) is 4. The predicted octanol–water partition coefficient (Wildman–Crippen LogP) is 3.68. The molecule has 0 radical (unpaired) electrons. The van der Waals surface area contributed by atoms with Gasteiger partial charge in [0, 0.05) is 43.7 Å². The highest BCUT2D eigenvalue weighted by atomic mass is 16.5. The number of nitrogens with one attached hydrogen (secondary N) is 1. The van der Waals surface area contributed by atoms with Gasteiger partial charge in [-0.05, 0) is 43.4 Å². The van der Waals surface area contributed by atoms with Crippen LogP contribution < -0.4 is 5.32 Å². The van der Waals surface area contributed by atoms with Gasteiger partial charge in [0.1, 0.15) is 5.76 Å². The van der Waals surface area contributed by atoms with Gasteiger partial charge in [0.2, 0.25) is 5.91 Å². The molecule has 0 spiro atoms. The van der Waals surface area contributed by atoms with Gasteiger partial charge in [-0.25, -0.2) is 0 Å². The smallest absolute Gasteiger partial charge is 0.221 e. The molecule has 24 heavy (non-hydrogen) atoms. The maximum atomic E-state index is 11.1. The number of rotatable bonds is 7. The summed E-state index contributed by atoms with van der Waals surface area (Å²) in [6.45, 7) is 3.27. The van der Waals surface area contributed by atoms with Crippen LogP contribution in [0.25, 0.3) is 0 Å². The van der Waals surface area contributed by atoms with Crippen LogP contribution in [0, 0.1) is 0 Å². The summed E-state index contributed by atoms with van der Waals surface area (Å²) < 4.78 is 5.48. The predicted molar refractivity (Wildman–Crippen MR) is 91.5 cm³/mol. The molecular formula is C19H23N3O2. The number of nitrogens with zero attached hydrogens (tertiary/aromatic N) is 2. The van der Waals surface area contributed by atoms with E-state index in [1.807, 2.05) is 12.1 Å². The van der Waals surface area contributed by atoms with Gasteiger partial charge in [-0.1, -0.05) is 17.3 Å². The second kappa shape index (κ2) is 6.40. The molecule has 2 aliphatic rings. The maximum Gasteiger partial charge on any atom is 0.221 e. The first-order valence-electron chi connectivity index (χ1n) is 8.73. The lowest BCUT2D eigenvalue weighted by molar-refractivity contribution is -0.114. The molecule has 1 aromatic carbocycles.